The van der Waals surface area contributed by atoms with Gasteiger partial charge in [-0.15, -0.1) is 0 Å². The van der Waals surface area contributed by atoms with Gasteiger partial charge in [0.25, 0.3) is 11.1 Å². The fraction of sp³-hybridized carbons (Fsp3) is 0.0769. The van der Waals surface area contributed by atoms with E-state index >= 15 is 0 Å². The fourth-order valence-corrected chi connectivity index (χ4v) is 5.12. The molecule has 1 aliphatic rings. The summed E-state index contributed by atoms with van der Waals surface area (Å²) < 4.78 is 8.89. The van der Waals surface area contributed by atoms with E-state index in [0.717, 1.165) is 38.5 Å². The number of carbonyl (C=O) groups excluding carboxylic acids is 2. The molecule has 4 aromatic rings. The van der Waals surface area contributed by atoms with Crippen molar-refractivity contribution in [1.29, 1.82) is 0 Å². The van der Waals surface area contributed by atoms with Gasteiger partial charge in [0, 0.05) is 32.2 Å². The van der Waals surface area contributed by atoms with Gasteiger partial charge in [0.1, 0.15) is 12.4 Å². The third-order valence-corrected chi connectivity index (χ3v) is 7.00. The van der Waals surface area contributed by atoms with Gasteiger partial charge < -0.3 is 9.30 Å². The molecule has 0 saturated carbocycles. The summed E-state index contributed by atoms with van der Waals surface area (Å²) in [7, 11) is 0. The number of carbonyl (C=O) groups is 2. The van der Waals surface area contributed by atoms with Crippen LogP contribution in [0.15, 0.2) is 88.4 Å². The van der Waals surface area contributed by atoms with Gasteiger partial charge in [-0.3, -0.25) is 9.59 Å². The molecule has 1 aromatic heterocycles. The number of halogens is 2. The second-order valence-electron chi connectivity index (χ2n) is 7.59. The quantitative estimate of drug-likeness (QED) is 0.234. The molecule has 0 radical (unpaired) electrons. The van der Waals surface area contributed by atoms with Crippen LogP contribution < -0.4 is 9.64 Å². The molecule has 0 bridgehead atoms. The van der Waals surface area contributed by atoms with Crippen molar-refractivity contribution < 1.29 is 14.3 Å². The molecule has 2 heterocycles. The number of imide groups is 1. The molecule has 170 valence electrons. The molecule has 5 rings (SSSR count). The number of thioether (sulfide) groups is 1. The van der Waals surface area contributed by atoms with E-state index in [1.54, 1.807) is 30.3 Å². The summed E-state index contributed by atoms with van der Waals surface area (Å²) >= 11 is 10.4. The fourth-order valence-electron chi connectivity index (χ4n) is 3.80. The summed E-state index contributed by atoms with van der Waals surface area (Å²) in [6.45, 7) is 1.13. The molecule has 0 atom stereocenters. The lowest BCUT2D eigenvalue weighted by molar-refractivity contribution is -0.113. The molecule has 34 heavy (non-hydrogen) atoms. The van der Waals surface area contributed by atoms with E-state index in [4.69, 9.17) is 16.3 Å². The first-order valence-corrected chi connectivity index (χ1v) is 12.5. The van der Waals surface area contributed by atoms with Gasteiger partial charge in [0.2, 0.25) is 0 Å². The maximum atomic E-state index is 13.1. The summed E-state index contributed by atoms with van der Waals surface area (Å²) in [6, 6.07) is 22.3. The topological polar surface area (TPSA) is 51.5 Å². The molecular weight excluding hydrogens is 536 g/mol. The zero-order chi connectivity index (χ0) is 23.7. The first-order valence-electron chi connectivity index (χ1n) is 10.5. The van der Waals surface area contributed by atoms with Crippen molar-refractivity contribution >= 4 is 73.1 Å². The van der Waals surface area contributed by atoms with Crippen LogP contribution in [-0.2, 0) is 11.3 Å². The number of aromatic nitrogens is 1. The molecule has 1 saturated heterocycles. The van der Waals surface area contributed by atoms with Crippen molar-refractivity contribution in [2.24, 2.45) is 0 Å². The number of benzene rings is 3. The zero-order valence-corrected chi connectivity index (χ0v) is 20.9. The van der Waals surface area contributed by atoms with Crippen molar-refractivity contribution in [3.05, 3.63) is 99.0 Å². The van der Waals surface area contributed by atoms with Gasteiger partial charge >= 0.3 is 0 Å². The van der Waals surface area contributed by atoms with Crippen molar-refractivity contribution in [2.75, 3.05) is 11.5 Å². The third-order valence-electron chi connectivity index (χ3n) is 5.38. The van der Waals surface area contributed by atoms with E-state index in [0.29, 0.717) is 28.8 Å². The smallest absolute Gasteiger partial charge is 0.298 e. The lowest BCUT2D eigenvalue weighted by Gasteiger charge is -2.12. The number of para-hydroxylation sites is 1. The highest BCUT2D eigenvalue weighted by Gasteiger charge is 2.36. The van der Waals surface area contributed by atoms with E-state index in [9.17, 15) is 9.59 Å². The Morgan fingerprint density at radius 3 is 2.53 bits per heavy atom. The average Bonchev–Trinajstić information content (AvgIpc) is 3.31. The van der Waals surface area contributed by atoms with E-state index in [-0.39, 0.29) is 11.1 Å². The maximum Gasteiger partial charge on any atom is 0.298 e. The highest BCUT2D eigenvalue weighted by atomic mass is 79.9. The molecular formula is C26H18BrClN2O3S. The van der Waals surface area contributed by atoms with Crippen LogP contribution in [0.2, 0.25) is 5.02 Å². The molecule has 2 amide bonds. The number of fused-ring (bicyclic) bond motifs is 1. The van der Waals surface area contributed by atoms with Crippen LogP contribution in [0.4, 0.5) is 10.5 Å². The van der Waals surface area contributed by atoms with Crippen LogP contribution in [0.5, 0.6) is 5.75 Å². The predicted octanol–water partition coefficient (Wildman–Crippen LogP) is 7.38. The summed E-state index contributed by atoms with van der Waals surface area (Å²) in [6.07, 6.45) is 3.77. The molecule has 1 fully saturated rings. The predicted molar refractivity (Wildman–Crippen MR) is 141 cm³/mol. The highest BCUT2D eigenvalue weighted by molar-refractivity contribution is 9.10. The normalized spacial score (nSPS) is 15.0. The van der Waals surface area contributed by atoms with Gasteiger partial charge in [0.05, 0.1) is 17.1 Å². The number of hydrogen-bond acceptors (Lipinski definition) is 4. The highest BCUT2D eigenvalue weighted by Crippen LogP contribution is 2.37. The minimum Gasteiger partial charge on any atom is -0.492 e. The largest absolute Gasteiger partial charge is 0.492 e. The number of anilines is 1. The van der Waals surface area contributed by atoms with Crippen LogP contribution in [0.3, 0.4) is 0 Å². The number of hydrogen-bond donors (Lipinski definition) is 0. The van der Waals surface area contributed by atoms with Crippen LogP contribution in [0, 0.1) is 0 Å². The minimum atomic E-state index is -0.347. The van der Waals surface area contributed by atoms with Crippen molar-refractivity contribution in [2.45, 2.75) is 6.54 Å². The van der Waals surface area contributed by atoms with Gasteiger partial charge in [-0.05, 0) is 72.4 Å². The number of ether oxygens (including phenoxy) is 1. The summed E-state index contributed by atoms with van der Waals surface area (Å²) in [5.74, 6) is 0.471. The van der Waals surface area contributed by atoms with Crippen LogP contribution in [-0.4, -0.2) is 22.3 Å². The lowest BCUT2D eigenvalue weighted by Crippen LogP contribution is -2.27. The lowest BCUT2D eigenvalue weighted by atomic mass is 10.1. The Labute approximate surface area is 214 Å². The Hall–Kier alpha value is -3.00. The van der Waals surface area contributed by atoms with E-state index in [2.05, 4.69) is 20.5 Å². The second-order valence-corrected chi connectivity index (χ2v) is 9.94. The van der Waals surface area contributed by atoms with Crippen LogP contribution >= 0.6 is 39.3 Å². The molecule has 3 aromatic carbocycles. The first kappa shape index (κ1) is 22.8. The standard InChI is InChI=1S/C26H18BrClN2O3S/c27-18-6-11-23-22(15-18)17(16-29(23)12-13-33-21-4-2-1-3-5-21)14-24-25(31)30(26(32)34-24)20-9-7-19(28)8-10-20/h1-11,14-16H,12-13H2/b24-14-. The number of nitrogens with zero attached hydrogens (tertiary/aromatic N) is 2. The van der Waals surface area contributed by atoms with Gasteiger partial charge in [-0.2, -0.15) is 0 Å². The Balaban J connectivity index is 1.44. The molecule has 0 spiro atoms. The molecule has 5 nitrogen and oxygen atoms in total. The van der Waals surface area contributed by atoms with E-state index in [1.165, 1.54) is 4.90 Å². The van der Waals surface area contributed by atoms with E-state index < -0.39 is 0 Å². The van der Waals surface area contributed by atoms with Gasteiger partial charge in [-0.25, -0.2) is 4.90 Å². The summed E-state index contributed by atoms with van der Waals surface area (Å²) in [5.41, 5.74) is 2.37. The third kappa shape index (κ3) is 4.64. The van der Waals surface area contributed by atoms with Crippen LogP contribution in [0.1, 0.15) is 5.56 Å². The molecule has 0 N–H and O–H groups in total. The Bertz CT molecular complexity index is 1420. The summed E-state index contributed by atoms with van der Waals surface area (Å²) in [4.78, 5) is 27.3. The molecule has 0 unspecified atom stereocenters. The molecule has 0 aliphatic carbocycles. The van der Waals surface area contributed by atoms with Gasteiger partial charge in [0.15, 0.2) is 0 Å². The van der Waals surface area contributed by atoms with Gasteiger partial charge in [-0.1, -0.05) is 45.7 Å². The Morgan fingerprint density at radius 1 is 1.00 bits per heavy atom. The molecule has 1 aliphatic heterocycles. The second kappa shape index (κ2) is 9.70. The Kier molecular flexibility index (Phi) is 6.50. The van der Waals surface area contributed by atoms with Crippen LogP contribution in [0.25, 0.3) is 17.0 Å². The zero-order valence-electron chi connectivity index (χ0n) is 17.8. The number of amides is 2. The van der Waals surface area contributed by atoms with E-state index in [1.807, 2.05) is 54.7 Å². The monoisotopic (exact) mass is 552 g/mol. The Morgan fingerprint density at radius 2 is 1.76 bits per heavy atom. The SMILES string of the molecule is O=C1S/C(=C\c2cn(CCOc3ccccc3)c3ccc(Br)cc23)C(=O)N1c1ccc(Cl)cc1. The van der Waals surface area contributed by atoms with Crippen molar-refractivity contribution in [3.63, 3.8) is 0 Å². The first-order chi connectivity index (χ1) is 16.5. The van der Waals surface area contributed by atoms with Crippen molar-refractivity contribution in [3.8, 4) is 5.75 Å². The minimum absolute atomic E-state index is 0.334. The molecule has 8 heteroatoms. The maximum absolute atomic E-state index is 13.1. The summed E-state index contributed by atoms with van der Waals surface area (Å²) in [5, 5.41) is 1.19. The average molecular weight is 554 g/mol. The number of rotatable bonds is 6. The van der Waals surface area contributed by atoms with Crippen molar-refractivity contribution in [1.82, 2.24) is 4.57 Å².